The maximum Gasteiger partial charge on any atom is 0.245 e. The predicted octanol–water partition coefficient (Wildman–Crippen LogP) is 3.09. The highest BCUT2D eigenvalue weighted by Crippen LogP contribution is 2.35. The summed E-state index contributed by atoms with van der Waals surface area (Å²) in [5.74, 6) is -0.00176. The SMILES string of the molecule is C[C@@H]1SC(=S)N(c2ccccc2Cl)C1=O. The van der Waals surface area contributed by atoms with Crippen molar-refractivity contribution in [3.8, 4) is 0 Å². The van der Waals surface area contributed by atoms with E-state index in [1.807, 2.05) is 19.1 Å². The molecule has 1 amide bonds. The summed E-state index contributed by atoms with van der Waals surface area (Å²) in [6.45, 7) is 1.84. The Morgan fingerprint density at radius 2 is 2.13 bits per heavy atom. The topological polar surface area (TPSA) is 20.3 Å². The number of anilines is 1. The summed E-state index contributed by atoms with van der Waals surface area (Å²) in [6.07, 6.45) is 0. The van der Waals surface area contributed by atoms with E-state index in [4.69, 9.17) is 23.8 Å². The number of hydrogen-bond donors (Lipinski definition) is 0. The summed E-state index contributed by atoms with van der Waals surface area (Å²) in [4.78, 5) is 13.3. The molecule has 1 aliphatic rings. The second kappa shape index (κ2) is 4.12. The van der Waals surface area contributed by atoms with Gasteiger partial charge in [0.1, 0.15) is 4.32 Å². The van der Waals surface area contributed by atoms with Crippen LogP contribution in [0.3, 0.4) is 0 Å². The van der Waals surface area contributed by atoms with Gasteiger partial charge in [-0.15, -0.1) is 0 Å². The highest BCUT2D eigenvalue weighted by atomic mass is 35.5. The van der Waals surface area contributed by atoms with Crippen molar-refractivity contribution in [2.75, 3.05) is 4.90 Å². The van der Waals surface area contributed by atoms with E-state index in [-0.39, 0.29) is 11.2 Å². The Morgan fingerprint density at radius 3 is 2.67 bits per heavy atom. The number of carbonyl (C=O) groups excluding carboxylic acids is 1. The molecule has 0 N–H and O–H groups in total. The number of benzene rings is 1. The van der Waals surface area contributed by atoms with Crippen LogP contribution in [0.5, 0.6) is 0 Å². The van der Waals surface area contributed by atoms with E-state index in [1.54, 1.807) is 12.1 Å². The standard InChI is InChI=1S/C10H8ClNOS2/c1-6-9(13)12(10(14)15-6)8-5-3-2-4-7(8)11/h2-6H,1H3/t6-/m0/s1. The van der Waals surface area contributed by atoms with Gasteiger partial charge in [-0.05, 0) is 19.1 Å². The van der Waals surface area contributed by atoms with Gasteiger partial charge in [-0.1, -0.05) is 47.7 Å². The van der Waals surface area contributed by atoms with E-state index in [0.717, 1.165) is 0 Å². The number of amides is 1. The highest BCUT2D eigenvalue weighted by molar-refractivity contribution is 8.25. The fourth-order valence-corrected chi connectivity index (χ4v) is 3.02. The van der Waals surface area contributed by atoms with Gasteiger partial charge >= 0.3 is 0 Å². The van der Waals surface area contributed by atoms with Crippen LogP contribution in [0.1, 0.15) is 6.92 Å². The first kappa shape index (κ1) is 10.9. The maximum absolute atomic E-state index is 11.8. The molecule has 0 unspecified atom stereocenters. The summed E-state index contributed by atoms with van der Waals surface area (Å²) >= 11 is 12.6. The molecule has 0 bridgehead atoms. The lowest BCUT2D eigenvalue weighted by molar-refractivity contribution is -0.116. The number of halogens is 1. The number of thioether (sulfide) groups is 1. The fraction of sp³-hybridized carbons (Fsp3) is 0.200. The van der Waals surface area contributed by atoms with Crippen molar-refractivity contribution in [2.45, 2.75) is 12.2 Å². The molecule has 1 heterocycles. The van der Waals surface area contributed by atoms with Crippen LogP contribution in [0.15, 0.2) is 24.3 Å². The largest absolute Gasteiger partial charge is 0.273 e. The Bertz CT molecular complexity index is 435. The molecule has 0 aromatic heterocycles. The van der Waals surface area contributed by atoms with E-state index in [1.165, 1.54) is 16.7 Å². The smallest absolute Gasteiger partial charge is 0.245 e. The van der Waals surface area contributed by atoms with Gasteiger partial charge in [0.05, 0.1) is 16.0 Å². The Labute approximate surface area is 103 Å². The number of thiocarbonyl (C=S) groups is 1. The Hall–Kier alpha value is -0.580. The Balaban J connectivity index is 2.44. The van der Waals surface area contributed by atoms with Gasteiger partial charge in [0.25, 0.3) is 0 Å². The van der Waals surface area contributed by atoms with E-state index in [9.17, 15) is 4.79 Å². The molecule has 78 valence electrons. The molecule has 0 aliphatic carbocycles. The summed E-state index contributed by atoms with van der Waals surface area (Å²) in [5, 5.41) is 0.427. The third kappa shape index (κ3) is 1.89. The molecule has 2 nitrogen and oxygen atoms in total. The van der Waals surface area contributed by atoms with Gasteiger partial charge in [0.2, 0.25) is 5.91 Å². The molecule has 1 fully saturated rings. The molecule has 0 saturated carbocycles. The lowest BCUT2D eigenvalue weighted by Gasteiger charge is -2.16. The van der Waals surface area contributed by atoms with Crippen molar-refractivity contribution in [3.05, 3.63) is 29.3 Å². The molecule has 1 saturated heterocycles. The van der Waals surface area contributed by atoms with Crippen LogP contribution < -0.4 is 4.90 Å². The average Bonchev–Trinajstić information content (AvgIpc) is 2.43. The molecule has 1 atom stereocenters. The van der Waals surface area contributed by atoms with E-state index >= 15 is 0 Å². The van der Waals surface area contributed by atoms with Crippen LogP contribution in [-0.2, 0) is 4.79 Å². The van der Waals surface area contributed by atoms with Crippen molar-refractivity contribution in [3.63, 3.8) is 0 Å². The summed E-state index contributed by atoms with van der Waals surface area (Å²) in [7, 11) is 0. The third-order valence-corrected chi connectivity index (χ3v) is 3.85. The van der Waals surface area contributed by atoms with E-state index < -0.39 is 0 Å². The van der Waals surface area contributed by atoms with Crippen molar-refractivity contribution < 1.29 is 4.79 Å². The molecular weight excluding hydrogens is 250 g/mol. The zero-order valence-corrected chi connectivity index (χ0v) is 10.3. The van der Waals surface area contributed by atoms with Crippen LogP contribution in [0, 0.1) is 0 Å². The summed E-state index contributed by atoms with van der Waals surface area (Å²) < 4.78 is 0.570. The number of nitrogens with zero attached hydrogens (tertiary/aromatic N) is 1. The quantitative estimate of drug-likeness (QED) is 0.721. The van der Waals surface area contributed by atoms with Crippen LogP contribution in [0.4, 0.5) is 5.69 Å². The minimum absolute atomic E-state index is 0.00176. The zero-order valence-electron chi connectivity index (χ0n) is 7.94. The lowest BCUT2D eigenvalue weighted by atomic mass is 10.3. The molecule has 5 heteroatoms. The number of hydrogen-bond acceptors (Lipinski definition) is 3. The average molecular weight is 258 g/mol. The van der Waals surface area contributed by atoms with Crippen molar-refractivity contribution in [1.29, 1.82) is 0 Å². The Morgan fingerprint density at radius 1 is 1.47 bits per heavy atom. The van der Waals surface area contributed by atoms with E-state index in [0.29, 0.717) is 15.0 Å². The van der Waals surface area contributed by atoms with Gasteiger partial charge in [0.15, 0.2) is 0 Å². The highest BCUT2D eigenvalue weighted by Gasteiger charge is 2.35. The van der Waals surface area contributed by atoms with Crippen LogP contribution >= 0.6 is 35.6 Å². The molecule has 1 aromatic rings. The number of para-hydroxylation sites is 1. The number of rotatable bonds is 1. The molecule has 1 aromatic carbocycles. The van der Waals surface area contributed by atoms with Crippen LogP contribution in [0.25, 0.3) is 0 Å². The second-order valence-electron chi connectivity index (χ2n) is 3.15. The molecule has 15 heavy (non-hydrogen) atoms. The minimum atomic E-state index is -0.117. The first-order valence-electron chi connectivity index (χ1n) is 4.40. The van der Waals surface area contributed by atoms with Gasteiger partial charge in [0, 0.05) is 0 Å². The van der Waals surface area contributed by atoms with Crippen LogP contribution in [0.2, 0.25) is 5.02 Å². The first-order chi connectivity index (χ1) is 7.11. The molecule has 0 radical (unpaired) electrons. The first-order valence-corrected chi connectivity index (χ1v) is 6.07. The molecule has 1 aliphatic heterocycles. The second-order valence-corrected chi connectivity index (χ2v) is 5.53. The Kier molecular flexibility index (Phi) is 3.00. The third-order valence-electron chi connectivity index (χ3n) is 2.12. The fourth-order valence-electron chi connectivity index (χ4n) is 1.38. The lowest BCUT2D eigenvalue weighted by Crippen LogP contribution is -2.30. The predicted molar refractivity (Wildman–Crippen MR) is 68.6 cm³/mol. The van der Waals surface area contributed by atoms with Gasteiger partial charge in [-0.2, -0.15) is 0 Å². The van der Waals surface area contributed by atoms with E-state index in [2.05, 4.69) is 0 Å². The van der Waals surface area contributed by atoms with Gasteiger partial charge in [-0.3, -0.25) is 9.69 Å². The molecular formula is C10H8ClNOS2. The minimum Gasteiger partial charge on any atom is -0.273 e. The molecule has 2 rings (SSSR count). The monoisotopic (exact) mass is 257 g/mol. The zero-order chi connectivity index (χ0) is 11.0. The number of carbonyl (C=O) groups is 1. The summed E-state index contributed by atoms with van der Waals surface area (Å²) in [5.41, 5.74) is 0.672. The summed E-state index contributed by atoms with van der Waals surface area (Å²) in [6, 6.07) is 7.21. The maximum atomic E-state index is 11.8. The molecule has 0 spiro atoms. The van der Waals surface area contributed by atoms with Crippen LogP contribution in [-0.4, -0.2) is 15.5 Å². The van der Waals surface area contributed by atoms with Gasteiger partial charge < -0.3 is 0 Å². The van der Waals surface area contributed by atoms with Gasteiger partial charge in [-0.25, -0.2) is 0 Å². The van der Waals surface area contributed by atoms with Crippen molar-refractivity contribution >= 4 is 51.5 Å². The normalized spacial score (nSPS) is 21.2. The van der Waals surface area contributed by atoms with Crippen molar-refractivity contribution in [1.82, 2.24) is 0 Å². The van der Waals surface area contributed by atoms with Crippen molar-refractivity contribution in [2.24, 2.45) is 0 Å².